The molecule has 2 nitrogen and oxygen atoms in total. The van der Waals surface area contributed by atoms with Crippen molar-refractivity contribution in [3.05, 3.63) is 57.7 Å². The second-order valence-corrected chi connectivity index (χ2v) is 6.40. The van der Waals surface area contributed by atoms with Gasteiger partial charge in [0, 0.05) is 14.2 Å². The minimum atomic E-state index is 0.0261. The van der Waals surface area contributed by atoms with E-state index < -0.39 is 0 Å². The molecule has 0 unspecified atom stereocenters. The molecule has 0 saturated carbocycles. The molecule has 0 heterocycles. The highest BCUT2D eigenvalue weighted by Gasteiger charge is 2.05. The highest BCUT2D eigenvalue weighted by atomic mass is 127. The van der Waals surface area contributed by atoms with Crippen molar-refractivity contribution in [1.82, 2.24) is 0 Å². The van der Waals surface area contributed by atoms with E-state index in [9.17, 15) is 4.79 Å². The standard InChI is InChI=1S/C15H14INOS/c1-11-9-12(16)7-8-14(11)17-15(18)10-19-13-5-3-2-4-6-13/h2-9H,10H2,1H3,(H,17,18). The fraction of sp³-hybridized carbons (Fsp3) is 0.133. The SMILES string of the molecule is Cc1cc(I)ccc1NC(=O)CSc1ccccc1. The van der Waals surface area contributed by atoms with Crippen LogP contribution < -0.4 is 5.32 Å². The average molecular weight is 383 g/mol. The van der Waals surface area contributed by atoms with Crippen LogP contribution in [0.4, 0.5) is 5.69 Å². The molecule has 1 N–H and O–H groups in total. The smallest absolute Gasteiger partial charge is 0.234 e. The molecule has 0 aliphatic heterocycles. The molecular weight excluding hydrogens is 369 g/mol. The van der Waals surface area contributed by atoms with Crippen molar-refractivity contribution >= 4 is 45.9 Å². The zero-order valence-corrected chi connectivity index (χ0v) is 13.5. The van der Waals surface area contributed by atoms with Gasteiger partial charge in [0.1, 0.15) is 0 Å². The number of aryl methyl sites for hydroxylation is 1. The predicted molar refractivity (Wildman–Crippen MR) is 89.7 cm³/mol. The Hall–Kier alpha value is -1.01. The highest BCUT2D eigenvalue weighted by Crippen LogP contribution is 2.20. The van der Waals surface area contributed by atoms with E-state index in [1.807, 2.05) is 49.4 Å². The molecule has 0 aliphatic carbocycles. The van der Waals surface area contributed by atoms with Gasteiger partial charge >= 0.3 is 0 Å². The largest absolute Gasteiger partial charge is 0.325 e. The van der Waals surface area contributed by atoms with Gasteiger partial charge in [0.2, 0.25) is 5.91 Å². The van der Waals surface area contributed by atoms with Crippen LogP contribution in [0, 0.1) is 10.5 Å². The minimum absolute atomic E-state index is 0.0261. The topological polar surface area (TPSA) is 29.1 Å². The Morgan fingerprint density at radius 2 is 1.95 bits per heavy atom. The average Bonchev–Trinajstić information content (AvgIpc) is 2.41. The molecule has 0 spiro atoms. The summed E-state index contributed by atoms with van der Waals surface area (Å²) >= 11 is 3.81. The first kappa shape index (κ1) is 14.4. The molecule has 0 fully saturated rings. The normalized spacial score (nSPS) is 10.2. The first-order chi connectivity index (χ1) is 9.15. The third kappa shape index (κ3) is 4.54. The zero-order valence-electron chi connectivity index (χ0n) is 10.5. The maximum atomic E-state index is 11.9. The van der Waals surface area contributed by atoms with E-state index in [-0.39, 0.29) is 5.91 Å². The van der Waals surface area contributed by atoms with Gasteiger partial charge in [-0.15, -0.1) is 11.8 Å². The Labute approximate surface area is 131 Å². The molecule has 0 saturated heterocycles. The Bertz CT molecular complexity index is 572. The van der Waals surface area contributed by atoms with E-state index in [0.29, 0.717) is 5.75 Å². The van der Waals surface area contributed by atoms with Gasteiger partial charge in [-0.3, -0.25) is 4.79 Å². The van der Waals surface area contributed by atoms with Crippen LogP contribution in [-0.2, 0) is 4.79 Å². The monoisotopic (exact) mass is 383 g/mol. The molecule has 0 aliphatic rings. The van der Waals surface area contributed by atoms with Crippen molar-refractivity contribution in [2.45, 2.75) is 11.8 Å². The first-order valence-corrected chi connectivity index (χ1v) is 7.95. The number of amides is 1. The third-order valence-corrected chi connectivity index (χ3v) is 4.26. The lowest BCUT2D eigenvalue weighted by molar-refractivity contribution is -0.113. The van der Waals surface area contributed by atoms with Gasteiger partial charge in [-0.1, -0.05) is 18.2 Å². The summed E-state index contributed by atoms with van der Waals surface area (Å²) in [6.45, 7) is 2.00. The summed E-state index contributed by atoms with van der Waals surface area (Å²) in [5.74, 6) is 0.452. The lowest BCUT2D eigenvalue weighted by Crippen LogP contribution is -2.14. The van der Waals surface area contributed by atoms with E-state index >= 15 is 0 Å². The van der Waals surface area contributed by atoms with Gasteiger partial charge in [-0.05, 0) is 65.4 Å². The minimum Gasteiger partial charge on any atom is -0.325 e. The summed E-state index contributed by atoms with van der Waals surface area (Å²) in [7, 11) is 0. The summed E-state index contributed by atoms with van der Waals surface area (Å²) < 4.78 is 1.17. The highest BCUT2D eigenvalue weighted by molar-refractivity contribution is 14.1. The quantitative estimate of drug-likeness (QED) is 0.629. The molecule has 4 heteroatoms. The van der Waals surface area contributed by atoms with Gasteiger partial charge in [-0.25, -0.2) is 0 Å². The van der Waals surface area contributed by atoms with Gasteiger partial charge in [0.05, 0.1) is 5.75 Å². The summed E-state index contributed by atoms with van der Waals surface area (Å²) in [6.07, 6.45) is 0. The number of thioether (sulfide) groups is 1. The van der Waals surface area contributed by atoms with Crippen molar-refractivity contribution in [3.8, 4) is 0 Å². The Kier molecular flexibility index (Phi) is 5.27. The van der Waals surface area contributed by atoms with E-state index in [1.165, 1.54) is 3.57 Å². The van der Waals surface area contributed by atoms with E-state index in [4.69, 9.17) is 0 Å². The van der Waals surface area contributed by atoms with Crippen molar-refractivity contribution < 1.29 is 4.79 Å². The molecule has 0 bridgehead atoms. The lowest BCUT2D eigenvalue weighted by atomic mass is 10.2. The maximum absolute atomic E-state index is 11.9. The van der Waals surface area contributed by atoms with Crippen LogP contribution in [0.2, 0.25) is 0 Å². The number of anilines is 1. The molecule has 2 aromatic rings. The van der Waals surface area contributed by atoms with Crippen LogP contribution in [0.25, 0.3) is 0 Å². The maximum Gasteiger partial charge on any atom is 0.234 e. The number of carbonyl (C=O) groups excluding carboxylic acids is 1. The number of nitrogens with one attached hydrogen (secondary N) is 1. The molecule has 98 valence electrons. The van der Waals surface area contributed by atoms with Crippen LogP contribution in [-0.4, -0.2) is 11.7 Å². The van der Waals surface area contributed by atoms with Crippen molar-refractivity contribution in [3.63, 3.8) is 0 Å². The van der Waals surface area contributed by atoms with Crippen molar-refractivity contribution in [1.29, 1.82) is 0 Å². The summed E-state index contributed by atoms with van der Waals surface area (Å²) in [5, 5.41) is 2.94. The number of hydrogen-bond acceptors (Lipinski definition) is 2. The molecule has 19 heavy (non-hydrogen) atoms. The second kappa shape index (κ2) is 6.96. The second-order valence-electron chi connectivity index (χ2n) is 4.11. The number of carbonyl (C=O) groups is 1. The van der Waals surface area contributed by atoms with E-state index in [2.05, 4.69) is 34.0 Å². The fourth-order valence-corrected chi connectivity index (χ4v) is 2.99. The fourth-order valence-electron chi connectivity index (χ4n) is 1.62. The molecular formula is C15H14INOS. The lowest BCUT2D eigenvalue weighted by Gasteiger charge is -2.08. The van der Waals surface area contributed by atoms with Crippen molar-refractivity contribution in [2.24, 2.45) is 0 Å². The molecule has 0 radical (unpaired) electrons. The Balaban J connectivity index is 1.91. The van der Waals surface area contributed by atoms with Crippen LogP contribution in [0.15, 0.2) is 53.4 Å². The van der Waals surface area contributed by atoms with Crippen LogP contribution >= 0.6 is 34.4 Å². The Morgan fingerprint density at radius 1 is 1.21 bits per heavy atom. The van der Waals surface area contributed by atoms with Crippen LogP contribution in [0.3, 0.4) is 0 Å². The summed E-state index contributed by atoms with van der Waals surface area (Å²) in [4.78, 5) is 13.0. The summed E-state index contributed by atoms with van der Waals surface area (Å²) in [5.41, 5.74) is 1.98. The van der Waals surface area contributed by atoms with Crippen LogP contribution in [0.1, 0.15) is 5.56 Å². The number of rotatable bonds is 4. The zero-order chi connectivity index (χ0) is 13.7. The molecule has 1 amide bonds. The van der Waals surface area contributed by atoms with Crippen molar-refractivity contribution in [2.75, 3.05) is 11.1 Å². The van der Waals surface area contributed by atoms with E-state index in [1.54, 1.807) is 11.8 Å². The molecule has 2 aromatic carbocycles. The Morgan fingerprint density at radius 3 is 2.63 bits per heavy atom. The molecule has 2 rings (SSSR count). The van der Waals surface area contributed by atoms with Crippen LogP contribution in [0.5, 0.6) is 0 Å². The molecule has 0 atom stereocenters. The predicted octanol–water partition coefficient (Wildman–Crippen LogP) is 4.33. The van der Waals surface area contributed by atoms with Gasteiger partial charge in [0.15, 0.2) is 0 Å². The number of benzene rings is 2. The number of hydrogen-bond donors (Lipinski definition) is 1. The molecule has 0 aromatic heterocycles. The van der Waals surface area contributed by atoms with Gasteiger partial charge in [-0.2, -0.15) is 0 Å². The van der Waals surface area contributed by atoms with E-state index in [0.717, 1.165) is 16.1 Å². The number of halogens is 1. The van der Waals surface area contributed by atoms with Gasteiger partial charge in [0.25, 0.3) is 0 Å². The van der Waals surface area contributed by atoms with Gasteiger partial charge < -0.3 is 5.32 Å². The first-order valence-electron chi connectivity index (χ1n) is 5.89. The summed E-state index contributed by atoms with van der Waals surface area (Å²) in [6, 6.07) is 15.9. The third-order valence-electron chi connectivity index (χ3n) is 2.58.